The predicted molar refractivity (Wildman–Crippen MR) is 119 cm³/mol. The van der Waals surface area contributed by atoms with E-state index in [2.05, 4.69) is 20.1 Å². The van der Waals surface area contributed by atoms with Crippen molar-refractivity contribution >= 4 is 23.3 Å². The van der Waals surface area contributed by atoms with Gasteiger partial charge < -0.3 is 14.2 Å². The van der Waals surface area contributed by atoms with Crippen molar-refractivity contribution in [2.45, 2.75) is 25.4 Å². The maximum Gasteiger partial charge on any atom is 0.324 e. The Labute approximate surface area is 198 Å². The number of halogens is 4. The highest BCUT2D eigenvalue weighted by molar-refractivity contribution is 6.31. The van der Waals surface area contributed by atoms with Crippen LogP contribution in [-0.2, 0) is 6.54 Å². The molecule has 1 aromatic carbocycles. The minimum absolute atomic E-state index is 0.0797. The molecule has 8 nitrogen and oxygen atoms in total. The summed E-state index contributed by atoms with van der Waals surface area (Å²) in [6.07, 6.45) is -0.626. The van der Waals surface area contributed by atoms with Crippen LogP contribution < -0.4 is 4.90 Å². The quantitative estimate of drug-likeness (QED) is 0.497. The topological polar surface area (TPSA) is 78.6 Å². The van der Waals surface area contributed by atoms with Crippen LogP contribution in [0.25, 0.3) is 11.5 Å². The third kappa shape index (κ3) is 5.15. The molecule has 1 saturated heterocycles. The number of likely N-dealkylation sites (N-methyl/N-ethyl adjacent to an activating group) is 1. The lowest BCUT2D eigenvalue weighted by atomic mass is 10.2. The van der Waals surface area contributed by atoms with Crippen LogP contribution in [0.1, 0.15) is 24.4 Å². The average molecular weight is 495 g/mol. The van der Waals surface area contributed by atoms with Crippen molar-refractivity contribution in [1.29, 1.82) is 0 Å². The normalized spacial score (nSPS) is 16.0. The molecule has 3 heterocycles. The number of anilines is 1. The zero-order valence-electron chi connectivity index (χ0n) is 18.5. The molecule has 3 aromatic rings. The Morgan fingerprint density at radius 1 is 1.26 bits per heavy atom. The molecule has 1 aliphatic rings. The third-order valence-corrected chi connectivity index (χ3v) is 5.92. The number of nitrogens with zero attached hydrogens (tertiary/aromatic N) is 6. The molecule has 2 amide bonds. The van der Waals surface area contributed by atoms with Crippen molar-refractivity contribution in [2.75, 3.05) is 32.1 Å². The largest absolute Gasteiger partial charge is 0.415 e. The van der Waals surface area contributed by atoms with Crippen LogP contribution in [0.15, 0.2) is 40.9 Å². The number of carbonyl (C=O) groups is 1. The smallest absolute Gasteiger partial charge is 0.324 e. The van der Waals surface area contributed by atoms with Gasteiger partial charge in [0, 0.05) is 31.0 Å². The number of hydrogen-bond acceptors (Lipinski definition) is 6. The lowest BCUT2D eigenvalue weighted by Gasteiger charge is -2.29. The molecule has 4 rings (SSSR count). The van der Waals surface area contributed by atoms with E-state index in [1.165, 1.54) is 29.3 Å². The van der Waals surface area contributed by atoms with E-state index in [0.29, 0.717) is 30.0 Å². The van der Waals surface area contributed by atoms with Gasteiger partial charge in [0.25, 0.3) is 5.89 Å². The Morgan fingerprint density at radius 3 is 2.65 bits per heavy atom. The summed E-state index contributed by atoms with van der Waals surface area (Å²) in [5.41, 5.74) is 1.29. The Hall–Kier alpha value is -3.18. The monoisotopic (exact) mass is 494 g/mol. The number of alkyl halides is 2. The van der Waals surface area contributed by atoms with Gasteiger partial charge in [-0.3, -0.25) is 9.88 Å². The van der Waals surface area contributed by atoms with Gasteiger partial charge in [-0.1, -0.05) is 11.6 Å². The highest BCUT2D eigenvalue weighted by Crippen LogP contribution is 2.27. The molecule has 34 heavy (non-hydrogen) atoms. The van der Waals surface area contributed by atoms with Crippen LogP contribution in [0.5, 0.6) is 0 Å². The van der Waals surface area contributed by atoms with Crippen molar-refractivity contribution in [3.05, 3.63) is 59.0 Å². The molecule has 0 radical (unpaired) electrons. The van der Waals surface area contributed by atoms with Crippen molar-refractivity contribution in [3.8, 4) is 11.5 Å². The number of benzene rings is 1. The van der Waals surface area contributed by atoms with Gasteiger partial charge in [-0.25, -0.2) is 9.18 Å². The summed E-state index contributed by atoms with van der Waals surface area (Å²) in [5.74, 6) is -1.44. The van der Waals surface area contributed by atoms with Gasteiger partial charge >= 0.3 is 12.5 Å². The lowest BCUT2D eigenvalue weighted by molar-refractivity contribution is 0.116. The molecule has 180 valence electrons. The second kappa shape index (κ2) is 9.98. The molecule has 1 fully saturated rings. The van der Waals surface area contributed by atoms with E-state index in [9.17, 15) is 18.0 Å². The van der Waals surface area contributed by atoms with E-state index in [4.69, 9.17) is 16.0 Å². The van der Waals surface area contributed by atoms with Gasteiger partial charge in [0.2, 0.25) is 5.89 Å². The second-order valence-corrected chi connectivity index (χ2v) is 8.51. The van der Waals surface area contributed by atoms with Crippen molar-refractivity contribution in [2.24, 2.45) is 0 Å². The van der Waals surface area contributed by atoms with E-state index in [1.54, 1.807) is 17.0 Å². The number of hydrogen-bond donors (Lipinski definition) is 0. The Bertz CT molecular complexity index is 1160. The number of amides is 2. The summed E-state index contributed by atoms with van der Waals surface area (Å²) in [5, 5.41) is 6.81. The first kappa shape index (κ1) is 24.0. The van der Waals surface area contributed by atoms with Gasteiger partial charge in [-0.15, -0.1) is 10.2 Å². The highest BCUT2D eigenvalue weighted by Gasteiger charge is 2.31. The lowest BCUT2D eigenvalue weighted by Crippen LogP contribution is -2.43. The Morgan fingerprint density at radius 2 is 2.06 bits per heavy atom. The second-order valence-electron chi connectivity index (χ2n) is 8.10. The fraction of sp³-hybridized carbons (Fsp3) is 0.364. The predicted octanol–water partition coefficient (Wildman–Crippen LogP) is 4.62. The maximum absolute atomic E-state index is 13.8. The minimum atomic E-state index is -2.87. The van der Waals surface area contributed by atoms with Crippen molar-refractivity contribution in [3.63, 3.8) is 0 Å². The van der Waals surface area contributed by atoms with Gasteiger partial charge in [-0.05, 0) is 50.8 Å². The number of rotatable bonds is 6. The third-order valence-electron chi connectivity index (χ3n) is 5.63. The first-order valence-electron chi connectivity index (χ1n) is 10.5. The van der Waals surface area contributed by atoms with Crippen LogP contribution in [0.2, 0.25) is 5.02 Å². The van der Waals surface area contributed by atoms with Gasteiger partial charge in [-0.2, -0.15) is 8.78 Å². The zero-order valence-corrected chi connectivity index (χ0v) is 19.2. The molecule has 2 aromatic heterocycles. The number of aromatic nitrogens is 3. The average Bonchev–Trinajstić information content (AvgIpc) is 3.50. The molecule has 0 unspecified atom stereocenters. The molecule has 0 saturated carbocycles. The number of pyridine rings is 1. The van der Waals surface area contributed by atoms with E-state index in [-0.39, 0.29) is 29.5 Å². The van der Waals surface area contributed by atoms with Gasteiger partial charge in [0.1, 0.15) is 5.82 Å². The van der Waals surface area contributed by atoms with Crippen LogP contribution in [0, 0.1) is 5.82 Å². The first-order chi connectivity index (χ1) is 16.2. The SMILES string of the molecule is CN(C)[C@@H]1CCN(C(=O)N(Cc2ccc(-c3nnc(C(F)F)o3)cn2)c2ccc(F)c(Cl)c2)C1. The Kier molecular flexibility index (Phi) is 7.03. The van der Waals surface area contributed by atoms with E-state index in [0.717, 1.165) is 6.42 Å². The van der Waals surface area contributed by atoms with Gasteiger partial charge in [0.15, 0.2) is 0 Å². The molecule has 0 bridgehead atoms. The summed E-state index contributed by atoms with van der Waals surface area (Å²) in [6, 6.07) is 7.29. The number of carbonyl (C=O) groups excluding carboxylic acids is 1. The van der Waals surface area contributed by atoms with Crippen LogP contribution in [0.4, 0.5) is 23.7 Å². The summed E-state index contributed by atoms with van der Waals surface area (Å²) in [4.78, 5) is 23.0. The molecule has 1 atom stereocenters. The summed E-state index contributed by atoms with van der Waals surface area (Å²) in [6.45, 7) is 1.23. The first-order valence-corrected chi connectivity index (χ1v) is 10.9. The molecular weight excluding hydrogens is 473 g/mol. The fourth-order valence-corrected chi connectivity index (χ4v) is 3.85. The molecular formula is C22H22ClF3N6O2. The number of urea groups is 1. The molecule has 0 N–H and O–H groups in total. The fourth-order valence-electron chi connectivity index (χ4n) is 3.68. The van der Waals surface area contributed by atoms with E-state index in [1.807, 2.05) is 14.1 Å². The summed E-state index contributed by atoms with van der Waals surface area (Å²) < 4.78 is 44.1. The van der Waals surface area contributed by atoms with Crippen LogP contribution in [-0.4, -0.2) is 64.2 Å². The van der Waals surface area contributed by atoms with E-state index >= 15 is 0 Å². The number of likely N-dealkylation sites (tertiary alicyclic amines) is 1. The molecule has 0 aliphatic carbocycles. The summed E-state index contributed by atoms with van der Waals surface area (Å²) >= 11 is 5.98. The summed E-state index contributed by atoms with van der Waals surface area (Å²) in [7, 11) is 3.94. The maximum atomic E-state index is 13.8. The van der Waals surface area contributed by atoms with Gasteiger partial charge in [0.05, 0.1) is 22.8 Å². The van der Waals surface area contributed by atoms with Crippen molar-refractivity contribution < 1.29 is 22.4 Å². The van der Waals surface area contributed by atoms with Crippen molar-refractivity contribution in [1.82, 2.24) is 25.0 Å². The highest BCUT2D eigenvalue weighted by atomic mass is 35.5. The van der Waals surface area contributed by atoms with Crippen LogP contribution in [0.3, 0.4) is 0 Å². The van der Waals surface area contributed by atoms with Crippen LogP contribution >= 0.6 is 11.6 Å². The molecule has 0 spiro atoms. The standard InChI is InChI=1S/C22H22ClF3N6O2/c1-30(2)16-7-8-31(12-16)22(33)32(15-5-6-18(24)17(23)9-15)11-14-4-3-13(10-27-14)20-28-29-21(34-20)19(25)26/h3-6,9-10,16,19H,7-8,11-12H2,1-2H3/t16-/m1/s1. The Balaban J connectivity index is 1.57. The minimum Gasteiger partial charge on any atom is -0.415 e. The molecule has 1 aliphatic heterocycles. The zero-order chi connectivity index (χ0) is 24.4. The van der Waals surface area contributed by atoms with E-state index < -0.39 is 18.1 Å². The molecule has 12 heteroatoms.